The number of nitrogens with zero attached hydrogens (tertiary/aromatic N) is 1. The minimum Gasteiger partial charge on any atom is -0.368 e. The molecule has 6 nitrogen and oxygen atoms in total. The Bertz CT molecular complexity index is 511. The van der Waals surface area contributed by atoms with Crippen LogP contribution in [0.1, 0.15) is 18.9 Å². The Hall–Kier alpha value is -2.39. The van der Waals surface area contributed by atoms with Crippen molar-refractivity contribution in [2.75, 3.05) is 6.61 Å². The van der Waals surface area contributed by atoms with Gasteiger partial charge < -0.3 is 15.8 Å². The molecular formula is C15H19N3O3. The Morgan fingerprint density at radius 3 is 2.62 bits per heavy atom. The minimum absolute atomic E-state index is 0.138. The molecule has 1 aromatic carbocycles. The first-order valence-electron chi connectivity index (χ1n) is 6.62. The van der Waals surface area contributed by atoms with Crippen molar-refractivity contribution in [2.45, 2.75) is 26.0 Å². The van der Waals surface area contributed by atoms with E-state index in [1.807, 2.05) is 36.4 Å². The highest BCUT2D eigenvalue weighted by Gasteiger charge is 2.24. The van der Waals surface area contributed by atoms with Gasteiger partial charge in [-0.05, 0) is 11.5 Å². The van der Waals surface area contributed by atoms with Crippen LogP contribution in [-0.4, -0.2) is 24.5 Å². The van der Waals surface area contributed by atoms with Crippen molar-refractivity contribution in [1.82, 2.24) is 5.32 Å². The molecule has 3 N–H and O–H groups in total. The number of amides is 2. The summed E-state index contributed by atoms with van der Waals surface area (Å²) < 4.78 is 5.27. The number of hydrogen-bond acceptors (Lipinski definition) is 4. The third-order valence-corrected chi connectivity index (χ3v) is 2.95. The van der Waals surface area contributed by atoms with E-state index in [4.69, 9.17) is 15.7 Å². The predicted octanol–water partition coefficient (Wildman–Crippen LogP) is 0.723. The average molecular weight is 289 g/mol. The summed E-state index contributed by atoms with van der Waals surface area (Å²) in [6, 6.07) is 10.5. The molecule has 2 atom stereocenters. The quantitative estimate of drug-likeness (QED) is 0.735. The Morgan fingerprint density at radius 2 is 2.05 bits per heavy atom. The summed E-state index contributed by atoms with van der Waals surface area (Å²) in [5, 5.41) is 11.1. The molecule has 0 saturated heterocycles. The van der Waals surface area contributed by atoms with Crippen LogP contribution in [0.4, 0.5) is 0 Å². The van der Waals surface area contributed by atoms with Gasteiger partial charge in [-0.1, -0.05) is 37.3 Å². The topological polar surface area (TPSA) is 105 Å². The second-order valence-corrected chi connectivity index (χ2v) is 4.77. The summed E-state index contributed by atoms with van der Waals surface area (Å²) in [5.41, 5.74) is 6.19. The van der Waals surface area contributed by atoms with Crippen molar-refractivity contribution in [3.63, 3.8) is 0 Å². The third kappa shape index (κ3) is 6.06. The van der Waals surface area contributed by atoms with E-state index in [0.717, 1.165) is 5.56 Å². The van der Waals surface area contributed by atoms with Gasteiger partial charge in [-0.25, -0.2) is 0 Å². The molecule has 0 aromatic heterocycles. The standard InChI is InChI=1S/C15H19N3O3/c1-11(7-8-16)14(15(17)20)18-13(19)10-21-9-12-5-3-2-4-6-12/h2-6,11,14H,7,9-10H2,1H3,(H2,17,20)(H,18,19)/t11-,14+/m0/s1. The normalized spacial score (nSPS) is 13.0. The van der Waals surface area contributed by atoms with Gasteiger partial charge in [0.2, 0.25) is 11.8 Å². The number of carbonyl (C=O) groups excluding carboxylic acids is 2. The van der Waals surface area contributed by atoms with Crippen LogP contribution in [0.15, 0.2) is 30.3 Å². The van der Waals surface area contributed by atoms with Gasteiger partial charge in [0.05, 0.1) is 12.7 Å². The number of nitriles is 1. The second-order valence-electron chi connectivity index (χ2n) is 4.77. The van der Waals surface area contributed by atoms with Crippen molar-refractivity contribution >= 4 is 11.8 Å². The lowest BCUT2D eigenvalue weighted by molar-refractivity contribution is -0.131. The van der Waals surface area contributed by atoms with E-state index < -0.39 is 17.9 Å². The maximum atomic E-state index is 11.7. The lowest BCUT2D eigenvalue weighted by atomic mass is 9.98. The van der Waals surface area contributed by atoms with Crippen molar-refractivity contribution in [3.8, 4) is 6.07 Å². The van der Waals surface area contributed by atoms with E-state index in [9.17, 15) is 9.59 Å². The summed E-state index contributed by atoms with van der Waals surface area (Å²) in [6.45, 7) is 1.82. The van der Waals surface area contributed by atoms with Crippen LogP contribution in [0.25, 0.3) is 0 Å². The molecule has 0 heterocycles. The van der Waals surface area contributed by atoms with Crippen molar-refractivity contribution in [3.05, 3.63) is 35.9 Å². The van der Waals surface area contributed by atoms with Gasteiger partial charge in [0.15, 0.2) is 0 Å². The zero-order valence-corrected chi connectivity index (χ0v) is 11.9. The fourth-order valence-electron chi connectivity index (χ4n) is 1.81. The zero-order valence-electron chi connectivity index (χ0n) is 11.9. The van der Waals surface area contributed by atoms with Gasteiger partial charge in [-0.2, -0.15) is 5.26 Å². The third-order valence-electron chi connectivity index (χ3n) is 2.95. The molecule has 1 rings (SSSR count). The number of nitrogens with one attached hydrogen (secondary N) is 1. The fourth-order valence-corrected chi connectivity index (χ4v) is 1.81. The number of benzene rings is 1. The number of nitrogens with two attached hydrogens (primary N) is 1. The van der Waals surface area contributed by atoms with Crippen LogP contribution in [0.2, 0.25) is 0 Å². The molecule has 0 spiro atoms. The molecule has 0 radical (unpaired) electrons. The summed E-state index contributed by atoms with van der Waals surface area (Å²) in [4.78, 5) is 23.0. The van der Waals surface area contributed by atoms with Crippen LogP contribution < -0.4 is 11.1 Å². The number of hydrogen-bond donors (Lipinski definition) is 2. The van der Waals surface area contributed by atoms with E-state index in [-0.39, 0.29) is 18.9 Å². The predicted molar refractivity (Wildman–Crippen MR) is 76.6 cm³/mol. The largest absolute Gasteiger partial charge is 0.368 e. The molecule has 0 unspecified atom stereocenters. The smallest absolute Gasteiger partial charge is 0.246 e. The highest BCUT2D eigenvalue weighted by Crippen LogP contribution is 2.07. The van der Waals surface area contributed by atoms with Gasteiger partial charge >= 0.3 is 0 Å². The molecular weight excluding hydrogens is 270 g/mol. The van der Waals surface area contributed by atoms with Crippen LogP contribution >= 0.6 is 0 Å². The lowest BCUT2D eigenvalue weighted by Crippen LogP contribution is -2.49. The van der Waals surface area contributed by atoms with Crippen molar-refractivity contribution in [2.24, 2.45) is 11.7 Å². The van der Waals surface area contributed by atoms with E-state index in [2.05, 4.69) is 5.32 Å². The molecule has 0 saturated carbocycles. The Kier molecular flexibility index (Phi) is 6.92. The maximum absolute atomic E-state index is 11.7. The van der Waals surface area contributed by atoms with Crippen molar-refractivity contribution in [1.29, 1.82) is 5.26 Å². The van der Waals surface area contributed by atoms with Gasteiger partial charge in [0.1, 0.15) is 12.6 Å². The van der Waals surface area contributed by atoms with Gasteiger partial charge in [-0.15, -0.1) is 0 Å². The second kappa shape index (κ2) is 8.72. The number of ether oxygens (including phenoxy) is 1. The molecule has 0 aliphatic heterocycles. The maximum Gasteiger partial charge on any atom is 0.246 e. The molecule has 0 bridgehead atoms. The number of rotatable bonds is 8. The molecule has 1 aromatic rings. The SMILES string of the molecule is C[C@@H](CC#N)[C@@H](NC(=O)COCc1ccccc1)C(N)=O. The highest BCUT2D eigenvalue weighted by atomic mass is 16.5. The molecule has 21 heavy (non-hydrogen) atoms. The monoisotopic (exact) mass is 289 g/mol. The highest BCUT2D eigenvalue weighted by molar-refractivity contribution is 5.87. The summed E-state index contributed by atoms with van der Waals surface area (Å²) >= 11 is 0. The molecule has 0 aliphatic rings. The summed E-state index contributed by atoms with van der Waals surface area (Å²) in [6.07, 6.45) is 0.138. The first kappa shape index (κ1) is 16.7. The zero-order chi connectivity index (χ0) is 15.7. The van der Waals surface area contributed by atoms with Crippen LogP contribution in [0, 0.1) is 17.2 Å². The Morgan fingerprint density at radius 1 is 1.38 bits per heavy atom. The van der Waals surface area contributed by atoms with E-state index >= 15 is 0 Å². The fraction of sp³-hybridized carbons (Fsp3) is 0.400. The first-order chi connectivity index (χ1) is 10.0. The minimum atomic E-state index is -0.863. The summed E-state index contributed by atoms with van der Waals surface area (Å²) in [5.74, 6) is -1.43. The number of primary amides is 1. The van der Waals surface area contributed by atoms with E-state index in [1.54, 1.807) is 6.92 Å². The Balaban J connectivity index is 2.40. The molecule has 6 heteroatoms. The van der Waals surface area contributed by atoms with Crippen LogP contribution in [0.5, 0.6) is 0 Å². The lowest BCUT2D eigenvalue weighted by Gasteiger charge is -2.20. The first-order valence-corrected chi connectivity index (χ1v) is 6.62. The van der Waals surface area contributed by atoms with Crippen LogP contribution in [-0.2, 0) is 20.9 Å². The van der Waals surface area contributed by atoms with Gasteiger partial charge in [0, 0.05) is 6.42 Å². The van der Waals surface area contributed by atoms with Crippen molar-refractivity contribution < 1.29 is 14.3 Å². The average Bonchev–Trinajstić information content (AvgIpc) is 2.45. The molecule has 2 amide bonds. The molecule has 112 valence electrons. The molecule has 0 aliphatic carbocycles. The van der Waals surface area contributed by atoms with Gasteiger partial charge in [-0.3, -0.25) is 9.59 Å². The van der Waals surface area contributed by atoms with E-state index in [0.29, 0.717) is 6.61 Å². The Labute approximate surface area is 123 Å². The number of carbonyl (C=O) groups is 2. The summed E-state index contributed by atoms with van der Waals surface area (Å²) in [7, 11) is 0. The van der Waals surface area contributed by atoms with Crippen LogP contribution in [0.3, 0.4) is 0 Å². The molecule has 0 fully saturated rings. The van der Waals surface area contributed by atoms with Gasteiger partial charge in [0.25, 0.3) is 0 Å². The van der Waals surface area contributed by atoms with E-state index in [1.165, 1.54) is 0 Å².